The van der Waals surface area contributed by atoms with E-state index in [4.69, 9.17) is 24.3 Å². The highest BCUT2D eigenvalue weighted by Gasteiger charge is 2.25. The Labute approximate surface area is 311 Å². The molecule has 0 radical (unpaired) electrons. The Kier molecular flexibility index (Phi) is 37.1. The highest BCUT2D eigenvalue weighted by Crippen LogP contribution is 2.43. The first-order chi connectivity index (χ1) is 24.9. The molecule has 0 saturated carbocycles. The van der Waals surface area contributed by atoms with E-state index in [1.807, 2.05) is 0 Å². The molecular weight excluding hydrogens is 661 g/mol. The Bertz CT molecular complexity index is 1050. The number of phosphoric acid groups is 1. The molecule has 0 saturated heterocycles. The molecule has 2 unspecified atom stereocenters. The molecule has 8 nitrogen and oxygen atoms in total. The van der Waals surface area contributed by atoms with Crippen molar-refractivity contribution in [1.82, 2.24) is 0 Å². The van der Waals surface area contributed by atoms with Crippen LogP contribution >= 0.6 is 7.82 Å². The van der Waals surface area contributed by atoms with Gasteiger partial charge in [0.1, 0.15) is 6.10 Å². The van der Waals surface area contributed by atoms with E-state index < -0.39 is 13.9 Å². The summed E-state index contributed by atoms with van der Waals surface area (Å²) in [5.41, 5.74) is 5.35. The standard InChI is InChI=1S/C42H72NO7P/c1-3-5-7-9-11-13-15-16-17-18-19-20-21-22-23-24-25-26-28-30-32-34-37-47-39-41(40-49-51(45,46)48-38-36-43)50-42(44)35-33-31-29-27-14-12-10-8-6-4-2/h5,7-8,10-11,13,16-17,19-20,22-23,25-26,41H,3-4,6,9,12,14-15,18,21,24,27-40,43H2,1-2H3,(H,45,46)/b7-5-,10-8-,13-11-,17-16-,20-19-,23-22-,26-25-. The van der Waals surface area contributed by atoms with Crippen LogP contribution in [0.25, 0.3) is 0 Å². The predicted octanol–water partition coefficient (Wildman–Crippen LogP) is 11.4. The summed E-state index contributed by atoms with van der Waals surface area (Å²) in [6.07, 6.45) is 48.9. The molecule has 0 aromatic heterocycles. The molecule has 0 aliphatic rings. The fourth-order valence-corrected chi connectivity index (χ4v) is 5.47. The molecule has 0 rings (SSSR count). The molecule has 0 heterocycles. The molecule has 51 heavy (non-hydrogen) atoms. The van der Waals surface area contributed by atoms with Crippen molar-refractivity contribution in [2.45, 2.75) is 142 Å². The zero-order chi connectivity index (χ0) is 37.4. The molecule has 9 heteroatoms. The lowest BCUT2D eigenvalue weighted by molar-refractivity contribution is -0.154. The molecule has 292 valence electrons. The quantitative estimate of drug-likeness (QED) is 0.0283. The van der Waals surface area contributed by atoms with Gasteiger partial charge in [-0.2, -0.15) is 0 Å². The van der Waals surface area contributed by atoms with Gasteiger partial charge in [0.25, 0.3) is 0 Å². The second-order valence-electron chi connectivity index (χ2n) is 12.4. The van der Waals surface area contributed by atoms with Crippen molar-refractivity contribution >= 4 is 13.8 Å². The zero-order valence-electron chi connectivity index (χ0n) is 32.1. The van der Waals surface area contributed by atoms with E-state index in [1.165, 1.54) is 6.42 Å². The molecule has 0 amide bonds. The van der Waals surface area contributed by atoms with Gasteiger partial charge in [0, 0.05) is 19.6 Å². The topological polar surface area (TPSA) is 117 Å². The molecule has 0 bridgehead atoms. The number of hydrogen-bond donors (Lipinski definition) is 2. The van der Waals surface area contributed by atoms with E-state index >= 15 is 0 Å². The zero-order valence-corrected chi connectivity index (χ0v) is 32.9. The Balaban J connectivity index is 4.14. The van der Waals surface area contributed by atoms with Crippen LogP contribution in [-0.2, 0) is 27.9 Å². The average Bonchev–Trinajstić information content (AvgIpc) is 3.12. The third-order valence-corrected chi connectivity index (χ3v) is 8.51. The van der Waals surface area contributed by atoms with Gasteiger partial charge >= 0.3 is 13.8 Å². The number of rotatable bonds is 36. The van der Waals surface area contributed by atoms with Gasteiger partial charge in [-0.05, 0) is 83.5 Å². The third-order valence-electron chi connectivity index (χ3n) is 7.53. The van der Waals surface area contributed by atoms with Crippen LogP contribution in [0.15, 0.2) is 85.1 Å². The minimum Gasteiger partial charge on any atom is -0.457 e. The number of carbonyl (C=O) groups is 1. The van der Waals surface area contributed by atoms with Gasteiger partial charge in [-0.1, -0.05) is 131 Å². The second-order valence-corrected chi connectivity index (χ2v) is 13.9. The number of allylic oxidation sites excluding steroid dienone is 14. The maximum Gasteiger partial charge on any atom is 0.472 e. The van der Waals surface area contributed by atoms with Crippen LogP contribution < -0.4 is 5.73 Å². The molecule has 0 spiro atoms. The predicted molar refractivity (Wildman–Crippen MR) is 215 cm³/mol. The fourth-order valence-electron chi connectivity index (χ4n) is 4.71. The van der Waals surface area contributed by atoms with Crippen molar-refractivity contribution in [1.29, 1.82) is 0 Å². The number of esters is 1. The van der Waals surface area contributed by atoms with Gasteiger partial charge in [0.05, 0.1) is 19.8 Å². The van der Waals surface area contributed by atoms with Crippen LogP contribution in [0.2, 0.25) is 0 Å². The number of hydrogen-bond acceptors (Lipinski definition) is 7. The fraction of sp³-hybridized carbons (Fsp3) is 0.643. The number of carbonyl (C=O) groups excluding carboxylic acids is 1. The Morgan fingerprint density at radius 3 is 1.67 bits per heavy atom. The summed E-state index contributed by atoms with van der Waals surface area (Å²) in [6.45, 7) is 4.61. The SMILES string of the molecule is CC/C=C\C/C=C\C/C=C\C/C=C\C/C=C\C/C=C\CCCCCOCC(COP(=O)(O)OCCN)OC(=O)CCCCCCC/C=C\CCC. The van der Waals surface area contributed by atoms with Crippen molar-refractivity contribution in [2.24, 2.45) is 5.73 Å². The molecule has 3 N–H and O–H groups in total. The van der Waals surface area contributed by atoms with E-state index in [2.05, 4.69) is 98.9 Å². The van der Waals surface area contributed by atoms with Gasteiger partial charge in [0.15, 0.2) is 0 Å². The van der Waals surface area contributed by atoms with E-state index in [-0.39, 0.29) is 32.3 Å². The number of unbranched alkanes of at least 4 members (excludes halogenated alkanes) is 9. The van der Waals surface area contributed by atoms with Crippen LogP contribution in [0.4, 0.5) is 0 Å². The van der Waals surface area contributed by atoms with Gasteiger partial charge in [-0.15, -0.1) is 0 Å². The highest BCUT2D eigenvalue weighted by molar-refractivity contribution is 7.47. The van der Waals surface area contributed by atoms with E-state index in [1.54, 1.807) is 0 Å². The summed E-state index contributed by atoms with van der Waals surface area (Å²) in [5, 5.41) is 0. The Morgan fingerprint density at radius 2 is 1.10 bits per heavy atom. The van der Waals surface area contributed by atoms with Crippen molar-refractivity contribution in [3.8, 4) is 0 Å². The largest absolute Gasteiger partial charge is 0.472 e. The summed E-state index contributed by atoms with van der Waals surface area (Å²) in [6, 6.07) is 0. The maximum absolute atomic E-state index is 12.5. The molecule has 0 aliphatic carbocycles. The first kappa shape index (κ1) is 48.7. The van der Waals surface area contributed by atoms with Crippen molar-refractivity contribution in [3.05, 3.63) is 85.1 Å². The van der Waals surface area contributed by atoms with Crippen LogP contribution in [0.1, 0.15) is 136 Å². The van der Waals surface area contributed by atoms with E-state index in [9.17, 15) is 14.3 Å². The molecule has 0 fully saturated rings. The summed E-state index contributed by atoms with van der Waals surface area (Å²) in [5.74, 6) is -0.360. The first-order valence-corrected chi connectivity index (χ1v) is 21.1. The molecule has 0 aliphatic heterocycles. The summed E-state index contributed by atoms with van der Waals surface area (Å²) in [4.78, 5) is 22.3. The molecule has 0 aromatic rings. The maximum atomic E-state index is 12.5. The van der Waals surface area contributed by atoms with E-state index in [0.29, 0.717) is 13.0 Å². The molecule has 0 aromatic carbocycles. The molecule has 2 atom stereocenters. The van der Waals surface area contributed by atoms with Crippen molar-refractivity contribution < 1.29 is 32.8 Å². The van der Waals surface area contributed by atoms with Gasteiger partial charge < -0.3 is 20.1 Å². The number of ether oxygens (including phenoxy) is 2. The Morgan fingerprint density at radius 1 is 0.608 bits per heavy atom. The lowest BCUT2D eigenvalue weighted by atomic mass is 10.1. The summed E-state index contributed by atoms with van der Waals surface area (Å²) >= 11 is 0. The summed E-state index contributed by atoms with van der Waals surface area (Å²) in [7, 11) is -4.29. The number of nitrogens with two attached hydrogens (primary N) is 1. The van der Waals surface area contributed by atoms with Gasteiger partial charge in [-0.25, -0.2) is 4.57 Å². The van der Waals surface area contributed by atoms with E-state index in [0.717, 1.165) is 109 Å². The van der Waals surface area contributed by atoms with Crippen LogP contribution in [-0.4, -0.2) is 49.9 Å². The van der Waals surface area contributed by atoms with Crippen LogP contribution in [0, 0.1) is 0 Å². The Hall–Kier alpha value is -2.32. The highest BCUT2D eigenvalue weighted by atomic mass is 31.2. The van der Waals surface area contributed by atoms with Crippen LogP contribution in [0.3, 0.4) is 0 Å². The second kappa shape index (κ2) is 38.9. The van der Waals surface area contributed by atoms with Crippen LogP contribution in [0.5, 0.6) is 0 Å². The summed E-state index contributed by atoms with van der Waals surface area (Å²) < 4.78 is 33.2. The van der Waals surface area contributed by atoms with Gasteiger partial charge in [-0.3, -0.25) is 13.8 Å². The first-order valence-electron chi connectivity index (χ1n) is 19.6. The normalized spacial score (nSPS) is 14.5. The van der Waals surface area contributed by atoms with Crippen molar-refractivity contribution in [3.63, 3.8) is 0 Å². The lowest BCUT2D eigenvalue weighted by Gasteiger charge is -2.20. The monoisotopic (exact) mass is 734 g/mol. The molecular formula is C42H72NO7P. The third kappa shape index (κ3) is 38.7. The minimum absolute atomic E-state index is 0.0847. The smallest absolute Gasteiger partial charge is 0.457 e. The lowest BCUT2D eigenvalue weighted by Crippen LogP contribution is -2.28. The van der Waals surface area contributed by atoms with Crippen molar-refractivity contribution in [2.75, 3.05) is 33.0 Å². The minimum atomic E-state index is -4.29. The average molecular weight is 734 g/mol. The number of phosphoric ester groups is 1. The van der Waals surface area contributed by atoms with Gasteiger partial charge in [0.2, 0.25) is 0 Å².